The number of para-hydroxylation sites is 3. The van der Waals surface area contributed by atoms with Gasteiger partial charge in [0.25, 0.3) is 0 Å². The molecule has 148 valence electrons. The van der Waals surface area contributed by atoms with Gasteiger partial charge in [0.05, 0.1) is 34.3 Å². The van der Waals surface area contributed by atoms with Crippen molar-refractivity contribution < 1.29 is 9.90 Å². The Morgan fingerprint density at radius 1 is 1.31 bits per heavy atom. The van der Waals surface area contributed by atoms with Crippen molar-refractivity contribution in [2.75, 3.05) is 18.9 Å². The Morgan fingerprint density at radius 3 is 2.69 bits per heavy atom. The van der Waals surface area contributed by atoms with Crippen LogP contribution >= 0.6 is 11.6 Å². The molecule has 8 heteroatoms. The number of halogens is 1. The number of carbonyl (C=O) groups is 1. The molecule has 0 aliphatic heterocycles. The molecular weight excluding hydrogens is 390 g/mol. The van der Waals surface area contributed by atoms with Gasteiger partial charge in [-0.15, -0.1) is 0 Å². The molecule has 7 nitrogen and oxygen atoms in total. The summed E-state index contributed by atoms with van der Waals surface area (Å²) in [4.78, 5) is 21.4. The van der Waals surface area contributed by atoms with Crippen molar-refractivity contribution in [3.8, 4) is 6.07 Å². The van der Waals surface area contributed by atoms with Gasteiger partial charge >= 0.3 is 0 Å². The van der Waals surface area contributed by atoms with Crippen LogP contribution in [-0.2, 0) is 4.79 Å². The number of aromatic amines is 1. The van der Waals surface area contributed by atoms with Gasteiger partial charge in [0.1, 0.15) is 17.4 Å². The maximum Gasteiger partial charge on any atom is 0.238 e. The zero-order chi connectivity index (χ0) is 21.0. The lowest BCUT2D eigenvalue weighted by atomic mass is 10.1. The fraction of sp³-hybridized carbons (Fsp3) is 0.190. The molecule has 3 rings (SSSR count). The lowest BCUT2D eigenvalue weighted by molar-refractivity contribution is -0.117. The summed E-state index contributed by atoms with van der Waals surface area (Å²) < 4.78 is 0. The van der Waals surface area contributed by atoms with Crippen molar-refractivity contribution in [2.24, 2.45) is 0 Å². The minimum Gasteiger partial charge on any atom is -0.509 e. The second-order valence-electron chi connectivity index (χ2n) is 6.59. The van der Waals surface area contributed by atoms with E-state index in [-0.39, 0.29) is 29.6 Å². The number of benzene rings is 2. The van der Waals surface area contributed by atoms with E-state index in [2.05, 4.69) is 15.3 Å². The molecule has 3 N–H and O–H groups in total. The number of allylic oxidation sites excluding steroid dienone is 1. The molecule has 0 aliphatic rings. The average Bonchev–Trinajstić information content (AvgIpc) is 3.13. The summed E-state index contributed by atoms with van der Waals surface area (Å²) in [6.07, 6.45) is 0. The number of nitrogens with zero attached hydrogens (tertiary/aromatic N) is 3. The van der Waals surface area contributed by atoms with E-state index in [1.165, 1.54) is 0 Å². The van der Waals surface area contributed by atoms with Crippen molar-refractivity contribution in [2.45, 2.75) is 13.0 Å². The summed E-state index contributed by atoms with van der Waals surface area (Å²) >= 11 is 6.06. The van der Waals surface area contributed by atoms with E-state index in [0.717, 1.165) is 5.52 Å². The molecule has 0 aliphatic carbocycles. The number of likely N-dealkylation sites (N-methyl/N-ethyl adjacent to an activating group) is 1. The average molecular weight is 410 g/mol. The summed E-state index contributed by atoms with van der Waals surface area (Å²) in [6.45, 7) is 1.70. The maximum atomic E-state index is 12.3. The van der Waals surface area contributed by atoms with E-state index in [1.54, 1.807) is 43.1 Å². The Balaban J connectivity index is 1.76. The highest BCUT2D eigenvalue weighted by Gasteiger charge is 2.22. The fourth-order valence-electron chi connectivity index (χ4n) is 2.84. The van der Waals surface area contributed by atoms with Crippen LogP contribution in [0.25, 0.3) is 16.6 Å². The number of carbonyl (C=O) groups excluding carboxylic acids is 1. The maximum absolute atomic E-state index is 12.3. The van der Waals surface area contributed by atoms with Crippen LogP contribution in [0.15, 0.2) is 54.3 Å². The van der Waals surface area contributed by atoms with E-state index >= 15 is 0 Å². The van der Waals surface area contributed by atoms with Gasteiger partial charge in [-0.2, -0.15) is 5.26 Å². The number of aliphatic hydroxyl groups excluding tert-OH is 1. The highest BCUT2D eigenvalue weighted by Crippen LogP contribution is 2.22. The Labute approximate surface area is 173 Å². The monoisotopic (exact) mass is 409 g/mol. The van der Waals surface area contributed by atoms with Crippen molar-refractivity contribution in [3.63, 3.8) is 0 Å². The number of nitriles is 1. The molecule has 0 bridgehead atoms. The number of hydrogen-bond acceptors (Lipinski definition) is 5. The second kappa shape index (κ2) is 8.78. The van der Waals surface area contributed by atoms with Gasteiger partial charge in [0, 0.05) is 0 Å². The number of hydrogen-bond donors (Lipinski definition) is 3. The fourth-order valence-corrected chi connectivity index (χ4v) is 3.02. The number of nitrogens with one attached hydrogen (secondary N) is 2. The molecule has 0 saturated heterocycles. The number of anilines is 1. The summed E-state index contributed by atoms with van der Waals surface area (Å²) in [7, 11) is 1.68. The van der Waals surface area contributed by atoms with Gasteiger partial charge < -0.3 is 15.4 Å². The SMILES string of the molecule is C[C@@H](/C(O)=C(\C#N)c1nc2ccccc2[nH]1)N(C)CC(=O)Nc1ccccc1Cl. The van der Waals surface area contributed by atoms with Gasteiger partial charge in [0.2, 0.25) is 5.91 Å². The van der Waals surface area contributed by atoms with Crippen LogP contribution in [0.4, 0.5) is 5.69 Å². The van der Waals surface area contributed by atoms with E-state index in [0.29, 0.717) is 16.2 Å². The Hall–Kier alpha value is -3.34. The predicted molar refractivity (Wildman–Crippen MR) is 113 cm³/mol. The van der Waals surface area contributed by atoms with E-state index in [1.807, 2.05) is 30.3 Å². The van der Waals surface area contributed by atoms with Crippen LogP contribution < -0.4 is 5.32 Å². The Kier molecular flexibility index (Phi) is 6.17. The number of aliphatic hydroxyl groups is 1. The number of H-pyrrole nitrogens is 1. The van der Waals surface area contributed by atoms with Crippen LogP contribution in [0.5, 0.6) is 0 Å². The van der Waals surface area contributed by atoms with Gasteiger partial charge in [-0.25, -0.2) is 4.98 Å². The lowest BCUT2D eigenvalue weighted by Gasteiger charge is -2.24. The number of imidazole rings is 1. The summed E-state index contributed by atoms with van der Waals surface area (Å²) in [5.74, 6) is -0.172. The molecule has 1 amide bonds. The first-order chi connectivity index (χ1) is 13.9. The van der Waals surface area contributed by atoms with E-state index in [4.69, 9.17) is 11.6 Å². The zero-order valence-electron chi connectivity index (χ0n) is 16.0. The third-order valence-electron chi connectivity index (χ3n) is 4.59. The second-order valence-corrected chi connectivity index (χ2v) is 7.00. The Bertz CT molecular complexity index is 1080. The topological polar surface area (TPSA) is 105 Å². The van der Waals surface area contributed by atoms with Crippen LogP contribution in [0, 0.1) is 11.3 Å². The number of amides is 1. The Morgan fingerprint density at radius 2 is 2.00 bits per heavy atom. The standard InChI is InChI=1S/C21H20ClN5O2/c1-13(27(2)12-19(28)24-16-8-4-3-7-15(16)22)20(29)14(11-23)21-25-17-9-5-6-10-18(17)26-21/h3-10,13,29H,12H2,1-2H3,(H,24,28)(H,25,26)/b20-14-/t13-/m0/s1. The van der Waals surface area contributed by atoms with Gasteiger partial charge in [-0.1, -0.05) is 35.9 Å². The van der Waals surface area contributed by atoms with Crippen LogP contribution in [0.3, 0.4) is 0 Å². The van der Waals surface area contributed by atoms with Gasteiger partial charge in [-0.3, -0.25) is 9.69 Å². The summed E-state index contributed by atoms with van der Waals surface area (Å²) in [5.41, 5.74) is 2.01. The van der Waals surface area contributed by atoms with Crippen LogP contribution in [0.1, 0.15) is 12.7 Å². The molecule has 29 heavy (non-hydrogen) atoms. The molecule has 1 atom stereocenters. The summed E-state index contributed by atoms with van der Waals surface area (Å²) in [5, 5.41) is 23.4. The highest BCUT2D eigenvalue weighted by atomic mass is 35.5. The molecule has 0 radical (unpaired) electrons. The molecule has 0 fully saturated rings. The number of rotatable bonds is 6. The van der Waals surface area contributed by atoms with Gasteiger partial charge in [0.15, 0.2) is 5.82 Å². The molecule has 1 heterocycles. The van der Waals surface area contributed by atoms with Crippen molar-refractivity contribution in [1.29, 1.82) is 5.26 Å². The molecule has 2 aromatic carbocycles. The number of aromatic nitrogens is 2. The molecule has 1 aromatic heterocycles. The first-order valence-corrected chi connectivity index (χ1v) is 9.31. The van der Waals surface area contributed by atoms with E-state index < -0.39 is 6.04 Å². The molecule has 0 saturated carbocycles. The van der Waals surface area contributed by atoms with Crippen molar-refractivity contribution in [3.05, 3.63) is 65.1 Å². The smallest absolute Gasteiger partial charge is 0.238 e. The molecule has 0 unspecified atom stereocenters. The highest BCUT2D eigenvalue weighted by molar-refractivity contribution is 6.33. The number of fused-ring (bicyclic) bond motifs is 1. The first kappa shape index (κ1) is 20.4. The first-order valence-electron chi connectivity index (χ1n) is 8.93. The van der Waals surface area contributed by atoms with Gasteiger partial charge in [-0.05, 0) is 38.2 Å². The third kappa shape index (κ3) is 4.57. The lowest BCUT2D eigenvalue weighted by Crippen LogP contribution is -2.37. The van der Waals surface area contributed by atoms with Crippen LogP contribution in [0.2, 0.25) is 5.02 Å². The molecule has 0 spiro atoms. The summed E-state index contributed by atoms with van der Waals surface area (Å²) in [6, 6.07) is 15.7. The van der Waals surface area contributed by atoms with Crippen molar-refractivity contribution >= 4 is 39.8 Å². The quantitative estimate of drug-likeness (QED) is 0.422. The molecule has 3 aromatic rings. The predicted octanol–water partition coefficient (Wildman–Crippen LogP) is 3.97. The van der Waals surface area contributed by atoms with Crippen molar-refractivity contribution in [1.82, 2.24) is 14.9 Å². The minimum absolute atomic E-state index is 0.00467. The van der Waals surface area contributed by atoms with E-state index in [9.17, 15) is 15.2 Å². The molecular formula is C21H20ClN5O2. The van der Waals surface area contributed by atoms with Crippen LogP contribution in [-0.4, -0.2) is 45.5 Å². The largest absolute Gasteiger partial charge is 0.509 e. The zero-order valence-corrected chi connectivity index (χ0v) is 16.7. The third-order valence-corrected chi connectivity index (χ3v) is 4.92. The minimum atomic E-state index is -0.588. The normalized spacial score (nSPS) is 13.1.